The van der Waals surface area contributed by atoms with Gasteiger partial charge in [0.15, 0.2) is 0 Å². The number of H-pyrrole nitrogens is 1. The lowest BCUT2D eigenvalue weighted by Crippen LogP contribution is -1.90. The van der Waals surface area contributed by atoms with E-state index < -0.39 is 0 Å². The third-order valence-corrected chi connectivity index (χ3v) is 1.46. The van der Waals surface area contributed by atoms with Crippen LogP contribution in [0.3, 0.4) is 0 Å². The Labute approximate surface area is 55.3 Å². The fourth-order valence-electron chi connectivity index (χ4n) is 0.931. The second-order valence-corrected chi connectivity index (χ2v) is 1.97. The summed E-state index contributed by atoms with van der Waals surface area (Å²) in [6.07, 6.45) is 3.01. The Morgan fingerprint density at radius 3 is 2.89 bits per heavy atom. The van der Waals surface area contributed by atoms with Crippen molar-refractivity contribution in [1.29, 1.82) is 0 Å². The van der Waals surface area contributed by atoms with E-state index in [-0.39, 0.29) is 0 Å². The quantitative estimate of drug-likeness (QED) is 0.616. The molecule has 50 valence electrons. The third-order valence-electron chi connectivity index (χ3n) is 1.46. The van der Waals surface area contributed by atoms with E-state index in [1.165, 1.54) is 11.4 Å². The second-order valence-electron chi connectivity index (χ2n) is 1.97. The Morgan fingerprint density at radius 2 is 2.44 bits per heavy atom. The number of aromatic nitrogens is 1. The van der Waals surface area contributed by atoms with Crippen molar-refractivity contribution < 1.29 is 0 Å². The summed E-state index contributed by atoms with van der Waals surface area (Å²) >= 11 is 0. The van der Waals surface area contributed by atoms with Gasteiger partial charge in [-0.15, -0.1) is 0 Å². The van der Waals surface area contributed by atoms with Crippen molar-refractivity contribution in [3.8, 4) is 0 Å². The van der Waals surface area contributed by atoms with Gasteiger partial charge in [0, 0.05) is 18.9 Å². The Kier molecular flexibility index (Phi) is 1.78. The lowest BCUT2D eigenvalue weighted by atomic mass is 10.3. The molecule has 0 bridgehead atoms. The van der Waals surface area contributed by atoms with Crippen LogP contribution in [0.4, 0.5) is 5.69 Å². The van der Waals surface area contributed by atoms with Gasteiger partial charge in [-0.3, -0.25) is 0 Å². The van der Waals surface area contributed by atoms with Crippen molar-refractivity contribution in [3.63, 3.8) is 0 Å². The van der Waals surface area contributed by atoms with Crippen LogP contribution in [0, 0.1) is 0 Å². The Bertz CT molecular complexity index is 160. The minimum atomic E-state index is 1.06. The van der Waals surface area contributed by atoms with Crippen LogP contribution in [0.15, 0.2) is 12.3 Å². The molecule has 0 aliphatic heterocycles. The van der Waals surface area contributed by atoms with Crippen molar-refractivity contribution >= 4 is 5.69 Å². The van der Waals surface area contributed by atoms with Crippen LogP contribution in [-0.4, -0.2) is 12.0 Å². The first-order chi connectivity index (χ1) is 4.38. The van der Waals surface area contributed by atoms with E-state index in [4.69, 9.17) is 0 Å². The average molecular weight is 124 g/mol. The normalized spacial score (nSPS) is 9.56. The third kappa shape index (κ3) is 1.07. The SMILES string of the molecule is CCc1[nH]ccc1NC. The zero-order valence-corrected chi connectivity index (χ0v) is 5.86. The first-order valence-corrected chi connectivity index (χ1v) is 3.22. The summed E-state index contributed by atoms with van der Waals surface area (Å²) in [5.41, 5.74) is 2.48. The molecule has 2 heteroatoms. The molecule has 1 rings (SSSR count). The van der Waals surface area contributed by atoms with Gasteiger partial charge < -0.3 is 10.3 Å². The first-order valence-electron chi connectivity index (χ1n) is 3.22. The molecular formula is C7H12N2. The van der Waals surface area contributed by atoms with Gasteiger partial charge in [0.1, 0.15) is 0 Å². The molecule has 0 atom stereocenters. The van der Waals surface area contributed by atoms with E-state index in [2.05, 4.69) is 17.2 Å². The molecule has 2 nitrogen and oxygen atoms in total. The molecule has 1 heterocycles. The minimum Gasteiger partial charge on any atom is -0.387 e. The standard InChI is InChI=1S/C7H12N2/c1-3-6-7(8-2)4-5-9-6/h4-5,8-9H,3H2,1-2H3. The summed E-state index contributed by atoms with van der Waals surface area (Å²) in [7, 11) is 1.93. The zero-order valence-electron chi connectivity index (χ0n) is 5.86. The van der Waals surface area contributed by atoms with Gasteiger partial charge in [-0.2, -0.15) is 0 Å². The van der Waals surface area contributed by atoms with Gasteiger partial charge in [0.05, 0.1) is 5.69 Å². The number of nitrogens with one attached hydrogen (secondary N) is 2. The van der Waals surface area contributed by atoms with E-state index >= 15 is 0 Å². The molecule has 2 N–H and O–H groups in total. The van der Waals surface area contributed by atoms with Gasteiger partial charge in [0.25, 0.3) is 0 Å². The molecule has 0 unspecified atom stereocenters. The minimum absolute atomic E-state index is 1.06. The molecule has 0 saturated heterocycles. The highest BCUT2D eigenvalue weighted by atomic mass is 14.9. The predicted molar refractivity (Wildman–Crippen MR) is 39.7 cm³/mol. The summed E-state index contributed by atoms with van der Waals surface area (Å²) < 4.78 is 0. The Balaban J connectivity index is 2.85. The first kappa shape index (κ1) is 6.20. The molecule has 0 aliphatic rings. The van der Waals surface area contributed by atoms with Crippen molar-refractivity contribution in [3.05, 3.63) is 18.0 Å². The molecule has 9 heavy (non-hydrogen) atoms. The molecule has 0 aromatic carbocycles. The monoisotopic (exact) mass is 124 g/mol. The molecule has 1 aromatic heterocycles. The highest BCUT2D eigenvalue weighted by molar-refractivity contribution is 5.47. The van der Waals surface area contributed by atoms with E-state index in [0.717, 1.165) is 6.42 Å². The molecular weight excluding hydrogens is 112 g/mol. The van der Waals surface area contributed by atoms with Gasteiger partial charge in [-0.1, -0.05) is 6.92 Å². The largest absolute Gasteiger partial charge is 0.387 e. The summed E-state index contributed by atoms with van der Waals surface area (Å²) in [5, 5.41) is 3.10. The van der Waals surface area contributed by atoms with Gasteiger partial charge in [0.2, 0.25) is 0 Å². The fraction of sp³-hybridized carbons (Fsp3) is 0.429. The Morgan fingerprint density at radius 1 is 1.67 bits per heavy atom. The van der Waals surface area contributed by atoms with Crippen molar-refractivity contribution in [2.45, 2.75) is 13.3 Å². The van der Waals surface area contributed by atoms with E-state index in [0.29, 0.717) is 0 Å². The van der Waals surface area contributed by atoms with E-state index in [1.54, 1.807) is 0 Å². The number of anilines is 1. The summed E-state index contributed by atoms with van der Waals surface area (Å²) in [5.74, 6) is 0. The second kappa shape index (κ2) is 2.58. The summed E-state index contributed by atoms with van der Waals surface area (Å²) in [4.78, 5) is 3.14. The molecule has 0 aliphatic carbocycles. The number of aromatic amines is 1. The lowest BCUT2D eigenvalue weighted by molar-refractivity contribution is 1.06. The predicted octanol–water partition coefficient (Wildman–Crippen LogP) is 1.62. The van der Waals surface area contributed by atoms with Crippen molar-refractivity contribution in [2.75, 3.05) is 12.4 Å². The molecule has 0 radical (unpaired) electrons. The summed E-state index contributed by atoms with van der Waals surface area (Å²) in [6, 6.07) is 2.04. The van der Waals surface area contributed by atoms with E-state index in [9.17, 15) is 0 Å². The van der Waals surface area contributed by atoms with Crippen LogP contribution in [0.5, 0.6) is 0 Å². The maximum atomic E-state index is 3.14. The van der Waals surface area contributed by atoms with Crippen LogP contribution in [0.25, 0.3) is 0 Å². The average Bonchev–Trinajstić information content (AvgIpc) is 2.33. The van der Waals surface area contributed by atoms with Gasteiger partial charge in [-0.25, -0.2) is 0 Å². The molecule has 0 saturated carbocycles. The number of rotatable bonds is 2. The fourth-order valence-corrected chi connectivity index (χ4v) is 0.931. The highest BCUT2D eigenvalue weighted by Gasteiger charge is 1.95. The van der Waals surface area contributed by atoms with Gasteiger partial charge in [-0.05, 0) is 12.5 Å². The smallest absolute Gasteiger partial charge is 0.0548 e. The van der Waals surface area contributed by atoms with Crippen LogP contribution in [0.1, 0.15) is 12.6 Å². The number of hydrogen-bond donors (Lipinski definition) is 2. The number of aryl methyl sites for hydroxylation is 1. The number of hydrogen-bond acceptors (Lipinski definition) is 1. The maximum Gasteiger partial charge on any atom is 0.0548 e. The summed E-state index contributed by atoms with van der Waals surface area (Å²) in [6.45, 7) is 2.13. The molecule has 0 spiro atoms. The van der Waals surface area contributed by atoms with E-state index in [1.807, 2.05) is 19.3 Å². The van der Waals surface area contributed by atoms with Gasteiger partial charge >= 0.3 is 0 Å². The maximum absolute atomic E-state index is 3.14. The lowest BCUT2D eigenvalue weighted by Gasteiger charge is -1.97. The zero-order chi connectivity index (χ0) is 6.69. The Hall–Kier alpha value is -0.920. The van der Waals surface area contributed by atoms with Crippen LogP contribution in [-0.2, 0) is 6.42 Å². The van der Waals surface area contributed by atoms with Crippen molar-refractivity contribution in [2.24, 2.45) is 0 Å². The van der Waals surface area contributed by atoms with Crippen molar-refractivity contribution in [1.82, 2.24) is 4.98 Å². The topological polar surface area (TPSA) is 27.8 Å². The molecule has 0 amide bonds. The van der Waals surface area contributed by atoms with Crippen LogP contribution in [0.2, 0.25) is 0 Å². The van der Waals surface area contributed by atoms with Crippen LogP contribution < -0.4 is 5.32 Å². The highest BCUT2D eigenvalue weighted by Crippen LogP contribution is 2.11. The van der Waals surface area contributed by atoms with Crippen LogP contribution >= 0.6 is 0 Å². The molecule has 1 aromatic rings. The molecule has 0 fully saturated rings.